The van der Waals surface area contributed by atoms with Gasteiger partial charge < -0.3 is 26.8 Å². The zero-order valence-electron chi connectivity index (χ0n) is 19.9. The van der Waals surface area contributed by atoms with Crippen LogP contribution in [0.2, 0.25) is 5.02 Å². The van der Waals surface area contributed by atoms with E-state index < -0.39 is 11.8 Å². The molecule has 37 heavy (non-hydrogen) atoms. The number of carbonyl (C=O) groups excluding carboxylic acids is 1. The van der Waals surface area contributed by atoms with Crippen LogP contribution in [0.5, 0.6) is 0 Å². The molecule has 2 amide bonds. The molecule has 0 saturated carbocycles. The predicted molar refractivity (Wildman–Crippen MR) is 141 cm³/mol. The normalized spacial score (nSPS) is 14.1. The summed E-state index contributed by atoms with van der Waals surface area (Å²) in [5.41, 5.74) is 16.2. The molecular weight excluding hydrogens is 499 g/mol. The summed E-state index contributed by atoms with van der Waals surface area (Å²) >= 11 is 6.53. The average Bonchev–Trinajstić information content (AvgIpc) is 3.26. The molecule has 2 aromatic carbocycles. The summed E-state index contributed by atoms with van der Waals surface area (Å²) < 4.78 is 21.3. The summed E-state index contributed by atoms with van der Waals surface area (Å²) in [5, 5.41) is 9.87. The van der Waals surface area contributed by atoms with E-state index in [1.165, 1.54) is 18.5 Å². The number of carbonyl (C=O) groups is 1. The van der Waals surface area contributed by atoms with Crippen molar-refractivity contribution in [2.24, 2.45) is 5.73 Å². The number of aromatic nitrogens is 3. The maximum absolute atomic E-state index is 14.1. The van der Waals surface area contributed by atoms with Gasteiger partial charge in [0.25, 0.3) is 0 Å². The van der Waals surface area contributed by atoms with Crippen LogP contribution in [0.1, 0.15) is 11.3 Å². The van der Waals surface area contributed by atoms with Crippen molar-refractivity contribution < 1.29 is 13.9 Å². The first-order chi connectivity index (χ1) is 17.9. The Morgan fingerprint density at radius 2 is 1.89 bits per heavy atom. The lowest BCUT2D eigenvalue weighted by Crippen LogP contribution is -2.36. The lowest BCUT2D eigenvalue weighted by molar-refractivity contribution is 0.0334. The van der Waals surface area contributed by atoms with Gasteiger partial charge in [-0.25, -0.2) is 18.7 Å². The molecule has 4 aromatic rings. The van der Waals surface area contributed by atoms with Crippen molar-refractivity contribution in [2.75, 3.05) is 42.7 Å². The number of urea groups is 1. The molecule has 5 rings (SSSR count). The number of fused-ring (bicyclic) bond motifs is 1. The lowest BCUT2D eigenvalue weighted by Gasteiger charge is -2.26. The number of halogens is 2. The minimum Gasteiger partial charge on any atom is -0.382 e. The highest BCUT2D eigenvalue weighted by Crippen LogP contribution is 2.34. The number of morpholine rings is 1. The number of benzene rings is 2. The maximum atomic E-state index is 14.1. The number of nitrogen functional groups attached to an aromatic ring is 1. The Kier molecular flexibility index (Phi) is 7.19. The Morgan fingerprint density at radius 1 is 1.11 bits per heavy atom. The number of nitrogens with two attached hydrogens (primary N) is 2. The van der Waals surface area contributed by atoms with Crippen LogP contribution in [0.3, 0.4) is 0 Å². The van der Waals surface area contributed by atoms with E-state index in [-0.39, 0.29) is 12.2 Å². The molecule has 0 radical (unpaired) electrons. The Labute approximate surface area is 217 Å². The standard InChI is InChI=1S/C25H26ClFN8O2/c26-19-10-16(2-4-21(19)32-25(36)33-22-9-15(12-28)1-3-20(22)27)18-11-17(13-34-5-7-37-8-6-34)35-23(18)24(29)30-14-31-35/h1-4,9-11,14H,5-8,12-13,28H2,(H2,29,30,31)(H2,32,33,36). The molecule has 0 spiro atoms. The third kappa shape index (κ3) is 5.35. The Hall–Kier alpha value is -3.77. The number of nitrogens with one attached hydrogen (secondary N) is 2. The zero-order valence-corrected chi connectivity index (χ0v) is 20.6. The van der Waals surface area contributed by atoms with E-state index in [4.69, 9.17) is 27.8 Å². The van der Waals surface area contributed by atoms with Crippen molar-refractivity contribution in [1.82, 2.24) is 19.5 Å². The quantitative estimate of drug-likeness (QED) is 0.302. The van der Waals surface area contributed by atoms with Crippen LogP contribution in [-0.4, -0.2) is 51.8 Å². The molecule has 2 aromatic heterocycles. The van der Waals surface area contributed by atoms with E-state index in [9.17, 15) is 9.18 Å². The molecule has 1 aliphatic rings. The van der Waals surface area contributed by atoms with Gasteiger partial charge in [-0.3, -0.25) is 4.90 Å². The second-order valence-corrected chi connectivity index (χ2v) is 9.04. The molecule has 1 saturated heterocycles. The molecular formula is C25H26ClFN8O2. The van der Waals surface area contributed by atoms with Crippen molar-refractivity contribution >= 4 is 40.3 Å². The second-order valence-electron chi connectivity index (χ2n) is 8.64. The van der Waals surface area contributed by atoms with E-state index in [1.807, 2.05) is 12.1 Å². The van der Waals surface area contributed by atoms with Gasteiger partial charge in [0.1, 0.15) is 17.7 Å². The summed E-state index contributed by atoms with van der Waals surface area (Å²) in [5.74, 6) is -0.222. The topological polar surface area (TPSA) is 136 Å². The van der Waals surface area contributed by atoms with E-state index in [2.05, 4.69) is 25.6 Å². The second kappa shape index (κ2) is 10.7. The van der Waals surface area contributed by atoms with Gasteiger partial charge in [-0.05, 0) is 41.5 Å². The zero-order chi connectivity index (χ0) is 25.9. The fourth-order valence-corrected chi connectivity index (χ4v) is 4.54. The number of anilines is 3. The molecule has 1 aliphatic heterocycles. The summed E-state index contributed by atoms with van der Waals surface area (Å²) in [6, 6.07) is 10.9. The van der Waals surface area contributed by atoms with Gasteiger partial charge in [0.05, 0.1) is 35.3 Å². The molecule has 192 valence electrons. The molecule has 10 nitrogen and oxygen atoms in total. The van der Waals surface area contributed by atoms with Crippen molar-refractivity contribution in [3.05, 3.63) is 70.9 Å². The van der Waals surface area contributed by atoms with E-state index in [1.54, 1.807) is 22.7 Å². The van der Waals surface area contributed by atoms with Crippen molar-refractivity contribution in [1.29, 1.82) is 0 Å². The third-order valence-electron chi connectivity index (χ3n) is 6.19. The van der Waals surface area contributed by atoms with Crippen LogP contribution >= 0.6 is 11.6 Å². The highest BCUT2D eigenvalue weighted by Gasteiger charge is 2.19. The smallest absolute Gasteiger partial charge is 0.323 e. The molecule has 1 fully saturated rings. The van der Waals surface area contributed by atoms with Gasteiger partial charge in [-0.1, -0.05) is 23.7 Å². The Bertz CT molecular complexity index is 1450. The largest absolute Gasteiger partial charge is 0.382 e. The lowest BCUT2D eigenvalue weighted by atomic mass is 10.1. The summed E-state index contributed by atoms with van der Waals surface area (Å²) in [6.45, 7) is 3.94. The third-order valence-corrected chi connectivity index (χ3v) is 6.50. The van der Waals surface area contributed by atoms with Crippen molar-refractivity contribution in [2.45, 2.75) is 13.1 Å². The first kappa shape index (κ1) is 24.9. The van der Waals surface area contributed by atoms with E-state index in [0.717, 1.165) is 29.9 Å². The first-order valence-corrected chi connectivity index (χ1v) is 12.1. The monoisotopic (exact) mass is 524 g/mol. The SMILES string of the molecule is NCc1ccc(F)c(NC(=O)Nc2ccc(-c3cc(CN4CCOCC4)n4ncnc(N)c34)cc2Cl)c1. The molecule has 0 unspecified atom stereocenters. The summed E-state index contributed by atoms with van der Waals surface area (Å²) in [6.07, 6.45) is 1.43. The van der Waals surface area contributed by atoms with Crippen LogP contribution in [-0.2, 0) is 17.8 Å². The van der Waals surface area contributed by atoms with Gasteiger partial charge in [-0.15, -0.1) is 0 Å². The summed E-state index contributed by atoms with van der Waals surface area (Å²) in [7, 11) is 0. The van der Waals surface area contributed by atoms with Crippen LogP contribution in [0, 0.1) is 5.82 Å². The average molecular weight is 525 g/mol. The van der Waals surface area contributed by atoms with Crippen molar-refractivity contribution in [3.8, 4) is 11.1 Å². The van der Waals surface area contributed by atoms with E-state index in [0.29, 0.717) is 47.4 Å². The molecule has 0 atom stereocenters. The molecule has 3 heterocycles. The minimum atomic E-state index is -0.637. The summed E-state index contributed by atoms with van der Waals surface area (Å²) in [4.78, 5) is 19.0. The van der Waals surface area contributed by atoms with Crippen LogP contribution in [0.25, 0.3) is 16.6 Å². The maximum Gasteiger partial charge on any atom is 0.323 e. The molecule has 0 aliphatic carbocycles. The molecule has 12 heteroatoms. The Balaban J connectivity index is 1.39. The fourth-order valence-electron chi connectivity index (χ4n) is 4.31. The highest BCUT2D eigenvalue weighted by molar-refractivity contribution is 6.34. The van der Waals surface area contributed by atoms with Crippen LogP contribution in [0.4, 0.5) is 26.4 Å². The van der Waals surface area contributed by atoms with Gasteiger partial charge in [-0.2, -0.15) is 5.10 Å². The Morgan fingerprint density at radius 3 is 2.65 bits per heavy atom. The van der Waals surface area contributed by atoms with Crippen LogP contribution < -0.4 is 22.1 Å². The van der Waals surface area contributed by atoms with Crippen molar-refractivity contribution in [3.63, 3.8) is 0 Å². The van der Waals surface area contributed by atoms with Gasteiger partial charge in [0.15, 0.2) is 5.82 Å². The number of amides is 2. The first-order valence-electron chi connectivity index (χ1n) is 11.7. The predicted octanol–water partition coefficient (Wildman–Crippen LogP) is 3.71. The highest BCUT2D eigenvalue weighted by atomic mass is 35.5. The minimum absolute atomic E-state index is 0.0248. The van der Waals surface area contributed by atoms with Gasteiger partial charge in [0, 0.05) is 31.7 Å². The number of ether oxygens (including phenoxy) is 1. The number of rotatable bonds is 6. The van der Waals surface area contributed by atoms with E-state index >= 15 is 0 Å². The van der Waals surface area contributed by atoms with Gasteiger partial charge >= 0.3 is 6.03 Å². The number of hydrogen-bond donors (Lipinski definition) is 4. The molecule has 0 bridgehead atoms. The number of hydrogen-bond acceptors (Lipinski definition) is 7. The number of nitrogens with zero attached hydrogens (tertiary/aromatic N) is 4. The van der Waals surface area contributed by atoms with Gasteiger partial charge in [0.2, 0.25) is 0 Å². The molecule has 6 N–H and O–H groups in total. The van der Waals surface area contributed by atoms with Crippen LogP contribution in [0.15, 0.2) is 48.8 Å². The fraction of sp³-hybridized carbons (Fsp3) is 0.240.